The van der Waals surface area contributed by atoms with Crippen molar-refractivity contribution >= 4 is 14.2 Å². The van der Waals surface area contributed by atoms with Gasteiger partial charge in [0.05, 0.1) is 18.8 Å². The zero-order valence-corrected chi connectivity index (χ0v) is 25.4. The molecular formula is C30H44O8Si. The molecule has 0 spiro atoms. The second kappa shape index (κ2) is 14.2. The molecule has 3 aliphatic rings. The first-order valence-corrected chi connectivity index (χ1v) is 17.4. The van der Waals surface area contributed by atoms with Crippen LogP contribution in [0.3, 0.4) is 0 Å². The minimum atomic E-state index is -1.46. The molecule has 0 N–H and O–H groups in total. The van der Waals surface area contributed by atoms with Crippen LogP contribution in [0, 0.1) is 35.1 Å². The topological polar surface area (TPSA) is 89.5 Å². The molecule has 0 radical (unpaired) electrons. The average molecular weight is 561 g/mol. The smallest absolute Gasteiger partial charge is 0.349 e. The van der Waals surface area contributed by atoms with Crippen LogP contribution >= 0.6 is 0 Å². The van der Waals surface area contributed by atoms with Crippen LogP contribution < -0.4 is 0 Å². The monoisotopic (exact) mass is 560 g/mol. The number of hydrogen-bond acceptors (Lipinski definition) is 8. The quantitative estimate of drug-likeness (QED) is 0.374. The Kier molecular flexibility index (Phi) is 11.5. The highest BCUT2D eigenvalue weighted by molar-refractivity contribution is 6.83. The van der Waals surface area contributed by atoms with Gasteiger partial charge in [-0.15, -0.1) is 5.54 Å². The van der Waals surface area contributed by atoms with Crippen molar-refractivity contribution in [2.24, 2.45) is 23.7 Å². The van der Waals surface area contributed by atoms with Gasteiger partial charge in [0, 0.05) is 17.4 Å². The van der Waals surface area contributed by atoms with E-state index in [0.717, 1.165) is 5.56 Å². The van der Waals surface area contributed by atoms with Crippen LogP contribution in [0.1, 0.15) is 46.5 Å². The molecule has 0 aliphatic carbocycles. The van der Waals surface area contributed by atoms with Crippen molar-refractivity contribution in [2.45, 2.75) is 97.5 Å². The molecule has 8 nitrogen and oxygen atoms in total. The normalized spacial score (nSPS) is 38.2. The van der Waals surface area contributed by atoms with E-state index in [1.807, 2.05) is 30.3 Å². The summed E-state index contributed by atoms with van der Waals surface area (Å²) in [5.41, 5.74) is 4.35. The van der Waals surface area contributed by atoms with Gasteiger partial charge in [-0.3, -0.25) is 0 Å². The van der Waals surface area contributed by atoms with Crippen molar-refractivity contribution in [1.29, 1.82) is 0 Å². The molecule has 4 rings (SSSR count). The molecule has 1 aromatic carbocycles. The minimum Gasteiger partial charge on any atom is -0.349 e. The summed E-state index contributed by atoms with van der Waals surface area (Å²) < 4.78 is 38.3. The summed E-state index contributed by atoms with van der Waals surface area (Å²) in [4.78, 5) is 16.2. The molecule has 3 saturated heterocycles. The number of hydrogen-bond donors (Lipinski definition) is 0. The molecule has 3 heterocycles. The second-order valence-corrected chi connectivity index (χ2v) is 16.7. The van der Waals surface area contributed by atoms with Crippen LogP contribution in [-0.4, -0.2) is 64.4 Å². The van der Waals surface area contributed by atoms with E-state index in [-0.39, 0.29) is 48.7 Å². The van der Waals surface area contributed by atoms with Gasteiger partial charge in [-0.25, -0.2) is 0 Å². The fraction of sp³-hybridized carbons (Fsp3) is 0.700. The summed E-state index contributed by atoms with van der Waals surface area (Å²) in [5, 5.41) is 0. The van der Waals surface area contributed by atoms with E-state index < -0.39 is 20.7 Å². The Labute approximate surface area is 234 Å². The van der Waals surface area contributed by atoms with Crippen molar-refractivity contribution in [1.82, 2.24) is 0 Å². The Morgan fingerprint density at radius 3 is 2.18 bits per heavy atom. The van der Waals surface area contributed by atoms with E-state index in [9.17, 15) is 0 Å². The van der Waals surface area contributed by atoms with Crippen molar-refractivity contribution in [3.8, 4) is 11.5 Å². The number of carbonyl (C=O) groups excluding carboxylic acids is 2. The zero-order chi connectivity index (χ0) is 28.7. The predicted molar refractivity (Wildman–Crippen MR) is 147 cm³/mol. The molecule has 3 fully saturated rings. The summed E-state index contributed by atoms with van der Waals surface area (Å²) in [6.07, 6.45) is -1.72. The summed E-state index contributed by atoms with van der Waals surface area (Å²) in [6, 6.07) is 10.0. The molecular weight excluding hydrogens is 516 g/mol. The van der Waals surface area contributed by atoms with E-state index >= 15 is 0 Å². The van der Waals surface area contributed by atoms with Crippen molar-refractivity contribution in [3.63, 3.8) is 0 Å². The number of ether oxygens (including phenoxy) is 6. The van der Waals surface area contributed by atoms with Crippen LogP contribution in [0.2, 0.25) is 19.6 Å². The van der Waals surface area contributed by atoms with Gasteiger partial charge < -0.3 is 28.4 Å². The van der Waals surface area contributed by atoms with Gasteiger partial charge in [-0.05, 0) is 18.8 Å². The summed E-state index contributed by atoms with van der Waals surface area (Å²) >= 11 is 0. The Morgan fingerprint density at radius 2 is 1.54 bits per heavy atom. The maximum atomic E-state index is 8.12. The van der Waals surface area contributed by atoms with E-state index in [1.54, 1.807) is 0 Å². The Bertz CT molecular complexity index is 996. The highest BCUT2D eigenvalue weighted by Gasteiger charge is 2.51. The molecule has 0 bridgehead atoms. The highest BCUT2D eigenvalue weighted by Crippen LogP contribution is 2.41. The molecule has 0 saturated carbocycles. The number of benzene rings is 1. The fourth-order valence-electron chi connectivity index (χ4n) is 5.23. The van der Waals surface area contributed by atoms with E-state index in [4.69, 9.17) is 38.0 Å². The van der Waals surface area contributed by atoms with Gasteiger partial charge in [-0.2, -0.15) is 9.59 Å². The number of rotatable bonds is 5. The lowest BCUT2D eigenvalue weighted by atomic mass is 9.79. The first kappa shape index (κ1) is 31.7. The second-order valence-electron chi connectivity index (χ2n) is 11.9. The largest absolute Gasteiger partial charge is 0.373 e. The SMILES string of the molecule is CC1O[C@@H](O[C@@H]2C(C)[C@H](OCC#C[Si](C)(C)C)OC3COC(c4ccccc4)O[C@@H]32)C(C)[C@@H](C)[C@@H]1C.O=C=O. The zero-order valence-electron chi connectivity index (χ0n) is 24.4. The lowest BCUT2D eigenvalue weighted by Crippen LogP contribution is -2.61. The maximum Gasteiger partial charge on any atom is 0.373 e. The summed E-state index contributed by atoms with van der Waals surface area (Å²) in [7, 11) is -1.46. The van der Waals surface area contributed by atoms with Crippen LogP contribution in [0.15, 0.2) is 30.3 Å². The molecule has 11 atom stereocenters. The molecule has 9 heteroatoms. The molecule has 0 amide bonds. The highest BCUT2D eigenvalue weighted by atomic mass is 28.3. The van der Waals surface area contributed by atoms with Gasteiger partial charge in [0.1, 0.15) is 26.9 Å². The van der Waals surface area contributed by atoms with Gasteiger partial charge in [0.15, 0.2) is 18.9 Å². The molecule has 5 unspecified atom stereocenters. The molecule has 39 heavy (non-hydrogen) atoms. The lowest BCUT2D eigenvalue weighted by Gasteiger charge is -2.51. The van der Waals surface area contributed by atoms with Crippen LogP contribution in [0.4, 0.5) is 0 Å². The van der Waals surface area contributed by atoms with Crippen LogP contribution in [0.5, 0.6) is 0 Å². The maximum absolute atomic E-state index is 8.12. The Morgan fingerprint density at radius 1 is 0.872 bits per heavy atom. The lowest BCUT2D eigenvalue weighted by molar-refractivity contribution is -0.376. The van der Waals surface area contributed by atoms with Gasteiger partial charge >= 0.3 is 6.15 Å². The molecule has 0 aromatic heterocycles. The Hall–Kier alpha value is -1.86. The Balaban J connectivity index is 0.00000134. The van der Waals surface area contributed by atoms with E-state index in [0.29, 0.717) is 25.0 Å². The molecule has 3 aliphatic heterocycles. The van der Waals surface area contributed by atoms with Gasteiger partial charge in [0.2, 0.25) is 0 Å². The van der Waals surface area contributed by atoms with Crippen molar-refractivity contribution in [3.05, 3.63) is 35.9 Å². The van der Waals surface area contributed by atoms with Crippen LogP contribution in [0.25, 0.3) is 0 Å². The van der Waals surface area contributed by atoms with E-state index in [2.05, 4.69) is 65.7 Å². The molecule has 216 valence electrons. The molecule has 1 aromatic rings. The van der Waals surface area contributed by atoms with Crippen molar-refractivity contribution in [2.75, 3.05) is 13.2 Å². The predicted octanol–water partition coefficient (Wildman–Crippen LogP) is 4.81. The fourth-order valence-corrected chi connectivity index (χ4v) is 5.83. The van der Waals surface area contributed by atoms with E-state index in [1.165, 1.54) is 0 Å². The standard InChI is InChI=1S/C29H44O6Si.CO2/c1-18-19(2)22(5)32-28(20(18)3)34-25-21(4)27(30-15-12-16-36(6,7)8)33-24-17-31-29(35-26(24)25)23-13-10-9-11-14-23;2-1-3/h9-11,13-14,18-22,24-29H,15,17H2,1-8H3;/t18-,19-,20?,21?,22?,24?,25+,26-,27+,28-,29?;/m0./s1. The summed E-state index contributed by atoms with van der Waals surface area (Å²) in [5.74, 6) is 4.34. The first-order valence-electron chi connectivity index (χ1n) is 13.9. The van der Waals surface area contributed by atoms with Gasteiger partial charge in [-0.1, -0.05) is 83.6 Å². The van der Waals surface area contributed by atoms with Crippen molar-refractivity contribution < 1.29 is 38.0 Å². The first-order chi connectivity index (χ1) is 18.5. The third-order valence-corrected chi connectivity index (χ3v) is 8.89. The average Bonchev–Trinajstić information content (AvgIpc) is 2.90. The number of fused-ring (bicyclic) bond motifs is 1. The van der Waals surface area contributed by atoms with Gasteiger partial charge in [0.25, 0.3) is 0 Å². The summed E-state index contributed by atoms with van der Waals surface area (Å²) in [6.45, 7) is 18.4. The van der Waals surface area contributed by atoms with Crippen LogP contribution in [-0.2, 0) is 38.0 Å². The third-order valence-electron chi connectivity index (χ3n) is 7.96. The minimum absolute atomic E-state index is 0.0739. The third kappa shape index (κ3) is 8.32.